The molecule has 0 radical (unpaired) electrons. The molecule has 1 saturated carbocycles. The minimum absolute atomic E-state index is 0.0474. The van der Waals surface area contributed by atoms with Gasteiger partial charge in [-0.15, -0.1) is 0 Å². The summed E-state index contributed by atoms with van der Waals surface area (Å²) >= 11 is 0. The van der Waals surface area contributed by atoms with Gasteiger partial charge in [0, 0.05) is 23.1 Å². The van der Waals surface area contributed by atoms with Crippen LogP contribution in [0.5, 0.6) is 11.5 Å². The van der Waals surface area contributed by atoms with Crippen molar-refractivity contribution in [2.45, 2.75) is 52.1 Å². The first kappa shape index (κ1) is 26.9. The number of benzene rings is 3. The Labute approximate surface area is 222 Å². The summed E-state index contributed by atoms with van der Waals surface area (Å²) in [4.78, 5) is 23.2. The molecule has 4 rings (SSSR count). The van der Waals surface area contributed by atoms with Crippen molar-refractivity contribution >= 4 is 17.8 Å². The second-order valence-corrected chi connectivity index (χ2v) is 10.6. The van der Waals surface area contributed by atoms with Crippen LogP contribution in [0.25, 0.3) is 0 Å². The third-order valence-corrected chi connectivity index (χ3v) is 6.78. The maximum atomic E-state index is 12.6. The number of carbonyl (C=O) groups excluding carboxylic acids is 1. The summed E-state index contributed by atoms with van der Waals surface area (Å²) < 4.78 is 11.3. The Morgan fingerprint density at radius 1 is 1.13 bits per heavy atom. The van der Waals surface area contributed by atoms with Crippen molar-refractivity contribution in [3.8, 4) is 11.5 Å². The zero-order valence-electron chi connectivity index (χ0n) is 22.4. The molecule has 1 N–H and O–H groups in total. The average molecular weight is 516 g/mol. The molecule has 1 amide bonds. The molecule has 1 aliphatic carbocycles. The van der Waals surface area contributed by atoms with Crippen LogP contribution in [-0.2, 0) is 16.8 Å². The van der Waals surface area contributed by atoms with Crippen molar-refractivity contribution in [2.24, 2.45) is 11.0 Å². The standard InChI is InChI=1S/C30H33N3O5/c1-19-14-24(11-12-27(19)33(35)36)38-18-22-15-20(6-13-28(22)37-5)17-31-32-29(34)26-16-25(26)21-7-9-23(10-8-21)30(2,3)4/h6-15,17,25-26H,16,18H2,1-5H3,(H,32,34)/b31-17-. The Morgan fingerprint density at radius 2 is 1.87 bits per heavy atom. The lowest BCUT2D eigenvalue weighted by Crippen LogP contribution is -2.20. The average Bonchev–Trinajstić information content (AvgIpc) is 3.68. The maximum Gasteiger partial charge on any atom is 0.272 e. The number of hydrogen-bond acceptors (Lipinski definition) is 6. The third-order valence-electron chi connectivity index (χ3n) is 6.78. The highest BCUT2D eigenvalue weighted by atomic mass is 16.6. The number of aryl methyl sites for hydroxylation is 1. The monoisotopic (exact) mass is 515 g/mol. The van der Waals surface area contributed by atoms with E-state index in [0.29, 0.717) is 17.1 Å². The largest absolute Gasteiger partial charge is 0.496 e. The number of hydrogen-bond donors (Lipinski definition) is 1. The summed E-state index contributed by atoms with van der Waals surface area (Å²) in [6.45, 7) is 8.43. The topological polar surface area (TPSA) is 103 Å². The van der Waals surface area contributed by atoms with E-state index in [0.717, 1.165) is 17.5 Å². The molecule has 0 bridgehead atoms. The van der Waals surface area contributed by atoms with Gasteiger partial charge >= 0.3 is 0 Å². The van der Waals surface area contributed by atoms with Crippen molar-refractivity contribution in [1.82, 2.24) is 5.43 Å². The number of methoxy groups -OCH3 is 1. The van der Waals surface area contributed by atoms with Gasteiger partial charge < -0.3 is 9.47 Å². The van der Waals surface area contributed by atoms with E-state index in [1.54, 1.807) is 38.4 Å². The van der Waals surface area contributed by atoms with Gasteiger partial charge in [-0.3, -0.25) is 14.9 Å². The zero-order valence-corrected chi connectivity index (χ0v) is 22.4. The first-order valence-corrected chi connectivity index (χ1v) is 12.5. The minimum atomic E-state index is -0.419. The van der Waals surface area contributed by atoms with Gasteiger partial charge in [-0.2, -0.15) is 5.10 Å². The van der Waals surface area contributed by atoms with E-state index >= 15 is 0 Å². The summed E-state index contributed by atoms with van der Waals surface area (Å²) in [7, 11) is 1.57. The van der Waals surface area contributed by atoms with Gasteiger partial charge in [0.25, 0.3) is 5.69 Å². The molecule has 8 heteroatoms. The molecule has 0 spiro atoms. The molecule has 1 fully saturated rings. The summed E-state index contributed by atoms with van der Waals surface area (Å²) in [5.74, 6) is 1.23. The van der Waals surface area contributed by atoms with Gasteiger partial charge in [0.2, 0.25) is 5.91 Å². The lowest BCUT2D eigenvalue weighted by molar-refractivity contribution is -0.385. The van der Waals surface area contributed by atoms with E-state index in [2.05, 4.69) is 55.6 Å². The molecule has 2 unspecified atom stereocenters. The van der Waals surface area contributed by atoms with Gasteiger partial charge in [0.1, 0.15) is 18.1 Å². The number of hydrazone groups is 1. The number of nitrogens with one attached hydrogen (secondary N) is 1. The highest BCUT2D eigenvalue weighted by Gasteiger charge is 2.44. The van der Waals surface area contributed by atoms with Gasteiger partial charge in [-0.25, -0.2) is 5.43 Å². The fraction of sp³-hybridized carbons (Fsp3) is 0.333. The van der Waals surface area contributed by atoms with Crippen molar-refractivity contribution in [3.63, 3.8) is 0 Å². The first-order valence-electron chi connectivity index (χ1n) is 12.5. The normalized spacial score (nSPS) is 16.8. The number of nitro benzene ring substituents is 1. The number of ether oxygens (including phenoxy) is 2. The van der Waals surface area contributed by atoms with E-state index in [1.165, 1.54) is 17.2 Å². The van der Waals surface area contributed by atoms with E-state index in [-0.39, 0.29) is 35.5 Å². The highest BCUT2D eigenvalue weighted by molar-refractivity contribution is 5.85. The molecule has 2 atom stereocenters. The number of carbonyl (C=O) groups is 1. The summed E-state index contributed by atoms with van der Waals surface area (Å²) in [6.07, 6.45) is 2.41. The predicted octanol–water partition coefficient (Wildman–Crippen LogP) is 6.04. The molecule has 0 heterocycles. The quantitative estimate of drug-likeness (QED) is 0.213. The maximum absolute atomic E-state index is 12.6. The summed E-state index contributed by atoms with van der Waals surface area (Å²) in [6, 6.07) is 18.7. The van der Waals surface area contributed by atoms with Crippen LogP contribution in [0.3, 0.4) is 0 Å². The first-order chi connectivity index (χ1) is 18.1. The minimum Gasteiger partial charge on any atom is -0.496 e. The molecule has 0 saturated heterocycles. The molecule has 0 aromatic heterocycles. The Kier molecular flexibility index (Phi) is 7.80. The van der Waals surface area contributed by atoms with Gasteiger partial charge in [-0.1, -0.05) is 45.0 Å². The van der Waals surface area contributed by atoms with Gasteiger partial charge in [0.15, 0.2) is 0 Å². The second-order valence-electron chi connectivity index (χ2n) is 10.6. The molecule has 38 heavy (non-hydrogen) atoms. The van der Waals surface area contributed by atoms with Crippen LogP contribution in [-0.4, -0.2) is 24.2 Å². The molecule has 8 nitrogen and oxygen atoms in total. The van der Waals surface area contributed by atoms with Crippen molar-refractivity contribution in [2.75, 3.05) is 7.11 Å². The molecule has 1 aliphatic rings. The van der Waals surface area contributed by atoms with Gasteiger partial charge in [-0.05, 0) is 71.7 Å². The number of nitrogens with zero attached hydrogens (tertiary/aromatic N) is 2. The van der Waals surface area contributed by atoms with Crippen LogP contribution in [0, 0.1) is 23.0 Å². The van der Waals surface area contributed by atoms with Crippen LogP contribution < -0.4 is 14.9 Å². The molecule has 0 aliphatic heterocycles. The van der Waals surface area contributed by atoms with E-state index < -0.39 is 4.92 Å². The molecule has 198 valence electrons. The van der Waals surface area contributed by atoms with E-state index in [9.17, 15) is 14.9 Å². The van der Waals surface area contributed by atoms with E-state index in [1.807, 2.05) is 12.1 Å². The SMILES string of the molecule is COc1ccc(/C=N\NC(=O)C2CC2c2ccc(C(C)(C)C)cc2)cc1COc1ccc([N+](=O)[O-])c(C)c1. The van der Waals surface area contributed by atoms with Crippen LogP contribution >= 0.6 is 0 Å². The third kappa shape index (κ3) is 6.37. The molecular formula is C30H33N3O5. The van der Waals surface area contributed by atoms with Crippen molar-refractivity contribution in [3.05, 3.63) is 98.6 Å². The highest BCUT2D eigenvalue weighted by Crippen LogP contribution is 2.47. The summed E-state index contributed by atoms with van der Waals surface area (Å²) in [5, 5.41) is 15.2. The predicted molar refractivity (Wildman–Crippen MR) is 147 cm³/mol. The van der Waals surface area contributed by atoms with E-state index in [4.69, 9.17) is 9.47 Å². The van der Waals surface area contributed by atoms with Gasteiger partial charge in [0.05, 0.1) is 18.2 Å². The number of amides is 1. The number of rotatable bonds is 9. The lowest BCUT2D eigenvalue weighted by atomic mass is 9.86. The van der Waals surface area contributed by atoms with Crippen molar-refractivity contribution < 1.29 is 19.2 Å². The van der Waals surface area contributed by atoms with Crippen LogP contribution in [0.1, 0.15) is 60.9 Å². The zero-order chi connectivity index (χ0) is 27.4. The lowest BCUT2D eigenvalue weighted by Gasteiger charge is -2.19. The van der Waals surface area contributed by atoms with Crippen molar-refractivity contribution in [1.29, 1.82) is 0 Å². The van der Waals surface area contributed by atoms with Crippen LogP contribution in [0.2, 0.25) is 0 Å². The Balaban J connectivity index is 1.34. The molecular weight excluding hydrogens is 482 g/mol. The van der Waals surface area contributed by atoms with Crippen LogP contribution in [0.15, 0.2) is 65.8 Å². The fourth-order valence-corrected chi connectivity index (χ4v) is 4.41. The molecule has 3 aromatic rings. The smallest absolute Gasteiger partial charge is 0.272 e. The number of nitro groups is 1. The van der Waals surface area contributed by atoms with Crippen LogP contribution in [0.4, 0.5) is 5.69 Å². The fourth-order valence-electron chi connectivity index (χ4n) is 4.41. The Morgan fingerprint density at radius 3 is 2.50 bits per heavy atom. The molecule has 3 aromatic carbocycles. The Hall–Kier alpha value is -4.20. The Bertz CT molecular complexity index is 1360. The second kappa shape index (κ2) is 11.0. The summed E-state index contributed by atoms with van der Waals surface area (Å²) in [5.41, 5.74) is 7.35.